The van der Waals surface area contributed by atoms with Crippen molar-refractivity contribution < 1.29 is 9.47 Å². The van der Waals surface area contributed by atoms with Crippen molar-refractivity contribution in [2.24, 2.45) is 0 Å². The molecular weight excluding hydrogens is 264 g/mol. The van der Waals surface area contributed by atoms with E-state index >= 15 is 0 Å². The van der Waals surface area contributed by atoms with Gasteiger partial charge in [0.05, 0.1) is 19.4 Å². The van der Waals surface area contributed by atoms with Crippen LogP contribution < -0.4 is 14.8 Å². The van der Waals surface area contributed by atoms with E-state index in [1.165, 1.54) is 0 Å². The summed E-state index contributed by atoms with van der Waals surface area (Å²) in [5.41, 5.74) is 2.21. The third-order valence-electron chi connectivity index (χ3n) is 3.84. The number of nitrogens with one attached hydrogen (secondary N) is 1. The van der Waals surface area contributed by atoms with Gasteiger partial charge in [-0.25, -0.2) is 0 Å². The first-order chi connectivity index (χ1) is 10.3. The predicted molar refractivity (Wildman–Crippen MR) is 81.6 cm³/mol. The van der Waals surface area contributed by atoms with E-state index in [2.05, 4.69) is 23.3 Å². The van der Waals surface area contributed by atoms with Crippen LogP contribution in [0, 0.1) is 0 Å². The molecule has 1 N–H and O–H groups in total. The van der Waals surface area contributed by atoms with Gasteiger partial charge in [-0.15, -0.1) is 0 Å². The highest BCUT2D eigenvalue weighted by Gasteiger charge is 2.24. The first kappa shape index (κ1) is 13.9. The van der Waals surface area contributed by atoms with Gasteiger partial charge in [0.1, 0.15) is 11.5 Å². The van der Waals surface area contributed by atoms with E-state index in [0.717, 1.165) is 35.8 Å². The molecule has 2 atom stereocenters. The van der Waals surface area contributed by atoms with Gasteiger partial charge in [-0.2, -0.15) is 0 Å². The van der Waals surface area contributed by atoms with E-state index in [0.29, 0.717) is 0 Å². The fraction of sp³-hybridized carbons (Fsp3) is 0.353. The van der Waals surface area contributed by atoms with Crippen molar-refractivity contribution in [2.45, 2.75) is 25.4 Å². The van der Waals surface area contributed by atoms with Crippen molar-refractivity contribution in [1.82, 2.24) is 10.3 Å². The van der Waals surface area contributed by atoms with Crippen molar-refractivity contribution in [1.29, 1.82) is 0 Å². The minimum atomic E-state index is 0.188. The van der Waals surface area contributed by atoms with Crippen LogP contribution >= 0.6 is 0 Å². The van der Waals surface area contributed by atoms with Gasteiger partial charge in [0.25, 0.3) is 0 Å². The summed E-state index contributed by atoms with van der Waals surface area (Å²) >= 11 is 0. The van der Waals surface area contributed by atoms with Crippen LogP contribution in [0.2, 0.25) is 0 Å². The van der Waals surface area contributed by atoms with Gasteiger partial charge in [0, 0.05) is 30.3 Å². The van der Waals surface area contributed by atoms with Gasteiger partial charge in [0.15, 0.2) is 0 Å². The monoisotopic (exact) mass is 284 g/mol. The van der Waals surface area contributed by atoms with Gasteiger partial charge in [-0.05, 0) is 37.3 Å². The molecule has 0 saturated heterocycles. The Hall–Kier alpha value is -2.07. The lowest BCUT2D eigenvalue weighted by Gasteiger charge is -2.29. The van der Waals surface area contributed by atoms with E-state index in [4.69, 9.17) is 9.47 Å². The van der Waals surface area contributed by atoms with Gasteiger partial charge in [-0.1, -0.05) is 6.07 Å². The number of ether oxygens (including phenoxy) is 2. The van der Waals surface area contributed by atoms with Crippen LogP contribution in [-0.2, 0) is 0 Å². The molecule has 4 nitrogen and oxygen atoms in total. The molecule has 2 heterocycles. The Morgan fingerprint density at radius 2 is 2.24 bits per heavy atom. The van der Waals surface area contributed by atoms with Gasteiger partial charge < -0.3 is 14.8 Å². The van der Waals surface area contributed by atoms with Crippen LogP contribution in [0.5, 0.6) is 11.5 Å². The SMILES string of the molecule is COc1ccc2c(c1)C(N[C@H](C)c1ccccn1)CCO2. The summed E-state index contributed by atoms with van der Waals surface area (Å²) in [6.07, 6.45) is 2.77. The Balaban J connectivity index is 1.81. The van der Waals surface area contributed by atoms with E-state index in [-0.39, 0.29) is 12.1 Å². The molecule has 0 radical (unpaired) electrons. The Morgan fingerprint density at radius 3 is 3.00 bits per heavy atom. The van der Waals surface area contributed by atoms with Crippen LogP contribution in [-0.4, -0.2) is 18.7 Å². The third kappa shape index (κ3) is 3.00. The summed E-state index contributed by atoms with van der Waals surface area (Å²) in [5.74, 6) is 1.80. The average molecular weight is 284 g/mol. The lowest BCUT2D eigenvalue weighted by atomic mass is 9.99. The highest BCUT2D eigenvalue weighted by Crippen LogP contribution is 2.35. The highest BCUT2D eigenvalue weighted by atomic mass is 16.5. The molecule has 1 aliphatic rings. The molecule has 0 bridgehead atoms. The van der Waals surface area contributed by atoms with E-state index < -0.39 is 0 Å². The number of aromatic nitrogens is 1. The fourth-order valence-electron chi connectivity index (χ4n) is 2.69. The molecule has 1 aliphatic heterocycles. The van der Waals surface area contributed by atoms with Crippen molar-refractivity contribution in [3.63, 3.8) is 0 Å². The topological polar surface area (TPSA) is 43.4 Å². The maximum atomic E-state index is 5.73. The molecule has 1 aromatic heterocycles. The van der Waals surface area contributed by atoms with Crippen LogP contribution in [0.4, 0.5) is 0 Å². The summed E-state index contributed by atoms with van der Waals surface area (Å²) in [6.45, 7) is 2.86. The second kappa shape index (κ2) is 6.14. The number of fused-ring (bicyclic) bond motifs is 1. The number of hydrogen-bond donors (Lipinski definition) is 1. The molecule has 1 unspecified atom stereocenters. The number of nitrogens with zero attached hydrogens (tertiary/aromatic N) is 1. The average Bonchev–Trinajstić information content (AvgIpc) is 2.55. The molecule has 1 aromatic carbocycles. The molecule has 3 rings (SSSR count). The molecule has 0 spiro atoms. The second-order valence-corrected chi connectivity index (χ2v) is 5.24. The molecule has 0 saturated carbocycles. The number of methoxy groups -OCH3 is 1. The Morgan fingerprint density at radius 1 is 1.33 bits per heavy atom. The summed E-state index contributed by atoms with van der Waals surface area (Å²) in [7, 11) is 1.68. The van der Waals surface area contributed by atoms with E-state index in [1.807, 2.05) is 36.5 Å². The summed E-state index contributed by atoms with van der Waals surface area (Å²) in [5, 5.41) is 3.64. The van der Waals surface area contributed by atoms with Gasteiger partial charge in [-0.3, -0.25) is 4.98 Å². The zero-order valence-electron chi connectivity index (χ0n) is 12.4. The van der Waals surface area contributed by atoms with Crippen molar-refractivity contribution in [2.75, 3.05) is 13.7 Å². The third-order valence-corrected chi connectivity index (χ3v) is 3.84. The Kier molecular flexibility index (Phi) is 4.06. The van der Waals surface area contributed by atoms with Crippen molar-refractivity contribution in [3.05, 3.63) is 53.9 Å². The minimum absolute atomic E-state index is 0.188. The lowest BCUT2D eigenvalue weighted by Crippen LogP contribution is -2.29. The molecular formula is C17H20N2O2. The molecule has 21 heavy (non-hydrogen) atoms. The van der Waals surface area contributed by atoms with E-state index in [9.17, 15) is 0 Å². The Bertz CT molecular complexity index is 601. The largest absolute Gasteiger partial charge is 0.497 e. The molecule has 0 fully saturated rings. The quantitative estimate of drug-likeness (QED) is 0.936. The van der Waals surface area contributed by atoms with Crippen molar-refractivity contribution >= 4 is 0 Å². The van der Waals surface area contributed by atoms with Gasteiger partial charge in [0.2, 0.25) is 0 Å². The lowest BCUT2D eigenvalue weighted by molar-refractivity contribution is 0.244. The van der Waals surface area contributed by atoms with Crippen molar-refractivity contribution in [3.8, 4) is 11.5 Å². The number of rotatable bonds is 4. The maximum Gasteiger partial charge on any atom is 0.124 e. The molecule has 4 heteroatoms. The minimum Gasteiger partial charge on any atom is -0.497 e. The number of pyridine rings is 1. The smallest absolute Gasteiger partial charge is 0.124 e. The van der Waals surface area contributed by atoms with Crippen LogP contribution in [0.1, 0.15) is 36.7 Å². The first-order valence-corrected chi connectivity index (χ1v) is 7.25. The standard InChI is InChI=1S/C17H20N2O2/c1-12(15-5-3-4-9-18-15)19-16-8-10-21-17-7-6-13(20-2)11-14(16)17/h3-7,9,11-12,16,19H,8,10H2,1-2H3/t12-,16?/m1/s1. The summed E-state index contributed by atoms with van der Waals surface area (Å²) in [4.78, 5) is 4.42. The maximum absolute atomic E-state index is 5.73. The number of benzene rings is 1. The first-order valence-electron chi connectivity index (χ1n) is 7.25. The fourth-order valence-corrected chi connectivity index (χ4v) is 2.69. The molecule has 2 aromatic rings. The molecule has 0 amide bonds. The molecule has 110 valence electrons. The highest BCUT2D eigenvalue weighted by molar-refractivity contribution is 5.43. The number of hydrogen-bond acceptors (Lipinski definition) is 4. The zero-order valence-corrected chi connectivity index (χ0v) is 12.4. The van der Waals surface area contributed by atoms with Crippen LogP contribution in [0.25, 0.3) is 0 Å². The normalized spacial score (nSPS) is 18.5. The summed E-state index contributed by atoms with van der Waals surface area (Å²) in [6, 6.07) is 12.4. The zero-order chi connectivity index (χ0) is 14.7. The van der Waals surface area contributed by atoms with Crippen LogP contribution in [0.15, 0.2) is 42.6 Å². The molecule has 0 aliphatic carbocycles. The predicted octanol–water partition coefficient (Wildman–Crippen LogP) is 3.26. The van der Waals surface area contributed by atoms with E-state index in [1.54, 1.807) is 7.11 Å². The van der Waals surface area contributed by atoms with Crippen LogP contribution in [0.3, 0.4) is 0 Å². The van der Waals surface area contributed by atoms with Gasteiger partial charge >= 0.3 is 0 Å². The second-order valence-electron chi connectivity index (χ2n) is 5.24. The summed E-state index contributed by atoms with van der Waals surface area (Å²) < 4.78 is 11.1. The Labute approximate surface area is 125 Å².